The Hall–Kier alpha value is -1.51. The molecule has 0 spiro atoms. The van der Waals surface area contributed by atoms with Gasteiger partial charge in [-0.15, -0.1) is 0 Å². The number of carboxylic acid groups (broad SMARTS) is 1. The van der Waals surface area contributed by atoms with Gasteiger partial charge in [-0.3, -0.25) is 4.79 Å². The second-order valence-electron chi connectivity index (χ2n) is 5.20. The molecule has 2 nitrogen and oxygen atoms in total. The summed E-state index contributed by atoms with van der Waals surface area (Å²) in [6.07, 6.45) is 0.385. The maximum absolute atomic E-state index is 11.7. The summed E-state index contributed by atoms with van der Waals surface area (Å²) in [4.78, 5) is 11.7. The number of aliphatic carboxylic acids is 1. The number of hydrogen-bond acceptors (Lipinski definition) is 1. The molecule has 2 aromatic carbocycles. The van der Waals surface area contributed by atoms with Gasteiger partial charge >= 0.3 is 5.97 Å². The van der Waals surface area contributed by atoms with Crippen molar-refractivity contribution in [2.75, 3.05) is 0 Å². The summed E-state index contributed by atoms with van der Waals surface area (Å²) in [5, 5.41) is 10.5. The average Bonchev–Trinajstić information content (AvgIpc) is 2.42. The first-order valence-electron chi connectivity index (χ1n) is 6.62. The van der Waals surface area contributed by atoms with Gasteiger partial charge in [-0.2, -0.15) is 0 Å². The van der Waals surface area contributed by atoms with E-state index in [1.54, 1.807) is 12.1 Å². The summed E-state index contributed by atoms with van der Waals surface area (Å²) in [5.41, 5.74) is 3.73. The van der Waals surface area contributed by atoms with E-state index >= 15 is 0 Å². The SMILES string of the molecule is Cc1ccc(C)c(C(Cc2ccc(Cl)c(Cl)c2)C(=O)O)c1. The van der Waals surface area contributed by atoms with Crippen molar-refractivity contribution in [2.45, 2.75) is 26.2 Å². The number of benzene rings is 2. The van der Waals surface area contributed by atoms with Crippen molar-refractivity contribution in [1.29, 1.82) is 0 Å². The fourth-order valence-electron chi connectivity index (χ4n) is 2.37. The number of carboxylic acids is 1. The second kappa shape index (κ2) is 6.50. The van der Waals surface area contributed by atoms with Gasteiger partial charge in [0.05, 0.1) is 16.0 Å². The molecular formula is C17H16Cl2O2. The molecule has 0 aliphatic heterocycles. The Morgan fingerprint density at radius 3 is 2.43 bits per heavy atom. The van der Waals surface area contributed by atoms with Gasteiger partial charge in [-0.25, -0.2) is 0 Å². The molecule has 2 aromatic rings. The maximum Gasteiger partial charge on any atom is 0.311 e. The van der Waals surface area contributed by atoms with E-state index in [4.69, 9.17) is 23.2 Å². The molecule has 0 aliphatic rings. The third-order valence-corrected chi connectivity index (χ3v) is 4.27. The first-order valence-corrected chi connectivity index (χ1v) is 7.38. The Kier molecular flexibility index (Phi) is 4.92. The van der Waals surface area contributed by atoms with Crippen LogP contribution in [0.2, 0.25) is 10.0 Å². The topological polar surface area (TPSA) is 37.3 Å². The number of carbonyl (C=O) groups is 1. The minimum absolute atomic E-state index is 0.385. The van der Waals surface area contributed by atoms with E-state index in [-0.39, 0.29) is 0 Å². The molecule has 4 heteroatoms. The smallest absolute Gasteiger partial charge is 0.311 e. The van der Waals surface area contributed by atoms with Crippen LogP contribution < -0.4 is 0 Å². The van der Waals surface area contributed by atoms with Gasteiger partial charge in [0.1, 0.15) is 0 Å². The Morgan fingerprint density at radius 2 is 1.81 bits per heavy atom. The molecule has 0 saturated carbocycles. The summed E-state index contributed by atoms with van der Waals surface area (Å²) in [6.45, 7) is 3.89. The first-order chi connectivity index (χ1) is 9.88. The minimum atomic E-state index is -0.838. The van der Waals surface area contributed by atoms with Crippen LogP contribution in [0, 0.1) is 13.8 Å². The summed E-state index contributed by atoms with van der Waals surface area (Å²) >= 11 is 11.9. The molecule has 1 N–H and O–H groups in total. The van der Waals surface area contributed by atoms with Crippen molar-refractivity contribution in [3.05, 3.63) is 68.7 Å². The molecule has 0 aliphatic carbocycles. The Balaban J connectivity index is 2.37. The number of rotatable bonds is 4. The van der Waals surface area contributed by atoms with Crippen LogP contribution in [0.25, 0.3) is 0 Å². The molecule has 0 fully saturated rings. The zero-order valence-electron chi connectivity index (χ0n) is 11.9. The van der Waals surface area contributed by atoms with Gasteiger partial charge < -0.3 is 5.11 Å². The molecule has 1 atom stereocenters. The Labute approximate surface area is 134 Å². The molecule has 0 aromatic heterocycles. The highest BCUT2D eigenvalue weighted by atomic mass is 35.5. The number of aryl methyl sites for hydroxylation is 2. The van der Waals surface area contributed by atoms with Crippen LogP contribution in [0.1, 0.15) is 28.2 Å². The average molecular weight is 323 g/mol. The molecule has 0 radical (unpaired) electrons. The van der Waals surface area contributed by atoms with Crippen molar-refractivity contribution in [2.24, 2.45) is 0 Å². The molecule has 0 bridgehead atoms. The second-order valence-corrected chi connectivity index (χ2v) is 6.02. The van der Waals surface area contributed by atoms with Crippen LogP contribution in [-0.2, 0) is 11.2 Å². The van der Waals surface area contributed by atoms with Crippen molar-refractivity contribution in [3.8, 4) is 0 Å². The van der Waals surface area contributed by atoms with E-state index in [9.17, 15) is 9.90 Å². The maximum atomic E-state index is 11.7. The van der Waals surface area contributed by atoms with E-state index < -0.39 is 11.9 Å². The van der Waals surface area contributed by atoms with Gasteiger partial charge in [0.15, 0.2) is 0 Å². The molecule has 21 heavy (non-hydrogen) atoms. The fraction of sp³-hybridized carbons (Fsp3) is 0.235. The van der Waals surface area contributed by atoms with E-state index in [0.29, 0.717) is 16.5 Å². The summed E-state index contributed by atoms with van der Waals surface area (Å²) < 4.78 is 0. The molecular weight excluding hydrogens is 307 g/mol. The predicted molar refractivity (Wildman–Crippen MR) is 86.5 cm³/mol. The molecule has 2 rings (SSSR count). The van der Waals surface area contributed by atoms with Gasteiger partial charge in [-0.05, 0) is 49.1 Å². The van der Waals surface area contributed by atoms with Crippen LogP contribution in [-0.4, -0.2) is 11.1 Å². The van der Waals surface area contributed by atoms with Gasteiger partial charge in [0, 0.05) is 0 Å². The molecule has 0 saturated heterocycles. The monoisotopic (exact) mass is 322 g/mol. The number of hydrogen-bond donors (Lipinski definition) is 1. The minimum Gasteiger partial charge on any atom is -0.481 e. The lowest BCUT2D eigenvalue weighted by Crippen LogP contribution is -2.16. The first kappa shape index (κ1) is 15.9. The van der Waals surface area contributed by atoms with E-state index in [1.165, 1.54) is 0 Å². The van der Waals surface area contributed by atoms with Gasteiger partial charge in [0.25, 0.3) is 0 Å². The third-order valence-electron chi connectivity index (χ3n) is 3.53. The largest absolute Gasteiger partial charge is 0.481 e. The molecule has 110 valence electrons. The highest BCUT2D eigenvalue weighted by Crippen LogP contribution is 2.28. The van der Waals surface area contributed by atoms with Crippen LogP contribution in [0.4, 0.5) is 0 Å². The van der Waals surface area contributed by atoms with E-state index in [1.807, 2.05) is 38.1 Å². The van der Waals surface area contributed by atoms with Crippen molar-refractivity contribution in [3.63, 3.8) is 0 Å². The quantitative estimate of drug-likeness (QED) is 0.857. The van der Waals surface area contributed by atoms with E-state index in [0.717, 1.165) is 22.3 Å². The van der Waals surface area contributed by atoms with Gasteiger partial charge in [-0.1, -0.05) is 53.0 Å². The Morgan fingerprint density at radius 1 is 1.10 bits per heavy atom. The highest BCUT2D eigenvalue weighted by Gasteiger charge is 2.22. The van der Waals surface area contributed by atoms with Crippen LogP contribution >= 0.6 is 23.2 Å². The molecule has 1 unspecified atom stereocenters. The lowest BCUT2D eigenvalue weighted by Gasteiger charge is -2.16. The highest BCUT2D eigenvalue weighted by molar-refractivity contribution is 6.42. The predicted octanol–water partition coefficient (Wildman–Crippen LogP) is 5.02. The van der Waals surface area contributed by atoms with Crippen molar-refractivity contribution < 1.29 is 9.90 Å². The van der Waals surface area contributed by atoms with Crippen LogP contribution in [0.3, 0.4) is 0 Å². The summed E-state index contributed by atoms with van der Waals surface area (Å²) in [6, 6.07) is 11.1. The third kappa shape index (κ3) is 3.78. The lowest BCUT2D eigenvalue weighted by atomic mass is 9.88. The van der Waals surface area contributed by atoms with Crippen LogP contribution in [0.15, 0.2) is 36.4 Å². The lowest BCUT2D eigenvalue weighted by molar-refractivity contribution is -0.138. The Bertz CT molecular complexity index is 680. The van der Waals surface area contributed by atoms with Crippen LogP contribution in [0.5, 0.6) is 0 Å². The summed E-state index contributed by atoms with van der Waals surface area (Å²) in [5.74, 6) is -1.43. The van der Waals surface area contributed by atoms with Crippen molar-refractivity contribution in [1.82, 2.24) is 0 Å². The standard InChI is InChI=1S/C17H16Cl2O2/c1-10-3-4-11(2)13(7-10)14(17(20)21)8-12-5-6-15(18)16(19)9-12/h3-7,9,14H,8H2,1-2H3,(H,20,21). The number of halogens is 2. The normalized spacial score (nSPS) is 12.2. The molecule has 0 heterocycles. The van der Waals surface area contributed by atoms with Gasteiger partial charge in [0.2, 0.25) is 0 Å². The van der Waals surface area contributed by atoms with Crippen molar-refractivity contribution >= 4 is 29.2 Å². The zero-order chi connectivity index (χ0) is 15.6. The molecule has 0 amide bonds. The fourth-order valence-corrected chi connectivity index (χ4v) is 2.69. The zero-order valence-corrected chi connectivity index (χ0v) is 13.4. The van der Waals surface area contributed by atoms with E-state index in [2.05, 4.69) is 0 Å². The summed E-state index contributed by atoms with van der Waals surface area (Å²) in [7, 11) is 0.